The third-order valence-corrected chi connectivity index (χ3v) is 9.32. The molecule has 2 atom stereocenters. The molecule has 0 heterocycles. The quantitative estimate of drug-likeness (QED) is 0.0212. The fraction of sp³-hybridized carbons (Fsp3) is 0.780. The fourth-order valence-electron chi connectivity index (χ4n) is 5.29. The average Bonchev–Trinajstić information content (AvgIpc) is 3.11. The van der Waals surface area contributed by atoms with E-state index in [0.29, 0.717) is 6.42 Å². The fourth-order valence-corrected chi connectivity index (χ4v) is 6.06. The molecule has 8 nitrogen and oxygen atoms in total. The van der Waals surface area contributed by atoms with Crippen molar-refractivity contribution in [2.24, 2.45) is 5.73 Å². The molecule has 0 saturated carbocycles. The van der Waals surface area contributed by atoms with Crippen LogP contribution in [0.4, 0.5) is 0 Å². The van der Waals surface area contributed by atoms with Crippen molar-refractivity contribution in [3.05, 3.63) is 48.8 Å². The number of rotatable bonds is 38. The third kappa shape index (κ3) is 37.6. The predicted octanol–water partition coefficient (Wildman–Crippen LogP) is 12.0. The van der Waals surface area contributed by atoms with Crippen molar-refractivity contribution in [2.75, 3.05) is 26.4 Å². The van der Waals surface area contributed by atoms with Gasteiger partial charge in [0.1, 0.15) is 6.61 Å². The average molecular weight is 726 g/mol. The summed E-state index contributed by atoms with van der Waals surface area (Å²) >= 11 is 0. The number of carbonyl (C=O) groups excluding carboxylic acids is 1. The van der Waals surface area contributed by atoms with Gasteiger partial charge >= 0.3 is 13.8 Å². The Bertz CT molecular complexity index is 905. The van der Waals surface area contributed by atoms with Crippen LogP contribution in [0.1, 0.15) is 174 Å². The molecular formula is C41H76NO7P. The highest BCUT2D eigenvalue weighted by Gasteiger charge is 2.24. The summed E-state index contributed by atoms with van der Waals surface area (Å²) < 4.78 is 33.1. The Morgan fingerprint density at radius 2 is 1.08 bits per heavy atom. The first-order valence-electron chi connectivity index (χ1n) is 20.2. The normalized spacial score (nSPS) is 14.0. The Morgan fingerprint density at radius 3 is 1.60 bits per heavy atom. The molecule has 0 aliphatic rings. The van der Waals surface area contributed by atoms with E-state index < -0.39 is 13.9 Å². The van der Waals surface area contributed by atoms with Gasteiger partial charge in [-0.1, -0.05) is 153 Å². The van der Waals surface area contributed by atoms with E-state index in [4.69, 9.17) is 24.3 Å². The molecule has 0 aliphatic carbocycles. The SMILES string of the molecule is CCCCCCCCC=CCC=CCC=CCCCC(=O)OC[C@H](COP(=O)(O)OCCN)OC=CCCCCCCCCCCCCCC. The second kappa shape index (κ2) is 38.5. The summed E-state index contributed by atoms with van der Waals surface area (Å²) in [6.45, 7) is 4.15. The van der Waals surface area contributed by atoms with E-state index in [1.807, 2.05) is 6.08 Å². The largest absolute Gasteiger partial charge is 0.492 e. The number of allylic oxidation sites excluding steroid dienone is 7. The summed E-state index contributed by atoms with van der Waals surface area (Å²) in [5, 5.41) is 0. The van der Waals surface area contributed by atoms with Gasteiger partial charge in [0.15, 0.2) is 6.10 Å². The number of ether oxygens (including phenoxy) is 2. The van der Waals surface area contributed by atoms with Gasteiger partial charge in [-0.2, -0.15) is 0 Å². The van der Waals surface area contributed by atoms with Gasteiger partial charge < -0.3 is 20.1 Å². The van der Waals surface area contributed by atoms with Crippen LogP contribution in [0, 0.1) is 0 Å². The van der Waals surface area contributed by atoms with Crippen molar-refractivity contribution in [3.8, 4) is 0 Å². The van der Waals surface area contributed by atoms with E-state index in [0.717, 1.165) is 32.1 Å². The Labute approximate surface area is 307 Å². The minimum absolute atomic E-state index is 0.0906. The van der Waals surface area contributed by atoms with Gasteiger partial charge in [-0.3, -0.25) is 13.8 Å². The van der Waals surface area contributed by atoms with E-state index in [1.165, 1.54) is 116 Å². The first-order chi connectivity index (χ1) is 24.4. The molecule has 0 aliphatic heterocycles. The Kier molecular flexibility index (Phi) is 37.2. The summed E-state index contributed by atoms with van der Waals surface area (Å²) in [6, 6.07) is 0. The lowest BCUT2D eigenvalue weighted by atomic mass is 10.0. The third-order valence-electron chi connectivity index (χ3n) is 8.34. The van der Waals surface area contributed by atoms with Gasteiger partial charge in [0.25, 0.3) is 0 Å². The van der Waals surface area contributed by atoms with Crippen molar-refractivity contribution in [1.29, 1.82) is 0 Å². The molecule has 3 N–H and O–H groups in total. The van der Waals surface area contributed by atoms with Crippen molar-refractivity contribution in [2.45, 2.75) is 180 Å². The second-order valence-corrected chi connectivity index (χ2v) is 14.7. The Morgan fingerprint density at radius 1 is 0.620 bits per heavy atom. The van der Waals surface area contributed by atoms with Crippen LogP contribution in [0.25, 0.3) is 0 Å². The number of phosphoric ester groups is 1. The van der Waals surface area contributed by atoms with Crippen LogP contribution in [0.2, 0.25) is 0 Å². The molecule has 0 fully saturated rings. The summed E-state index contributed by atoms with van der Waals surface area (Å²) in [7, 11) is -4.27. The minimum Gasteiger partial charge on any atom is -0.492 e. The standard InChI is InChI=1S/C41H76NO7P/c1-3-5-7-9-11-13-15-17-19-20-21-22-24-26-28-30-32-34-41(43)47-38-40(39-49-50(44,45)48-37-35-42)46-36-33-31-29-27-25-23-18-16-14-12-10-8-6-4-2/h17,19,21-22,26,28,33,36,40H,3-16,18,20,23-25,27,29-32,34-35,37-39,42H2,1-2H3,(H,44,45)/t40-/m1/s1. The molecule has 0 amide bonds. The first kappa shape index (κ1) is 48.3. The molecule has 0 aromatic heterocycles. The van der Waals surface area contributed by atoms with Crippen molar-refractivity contribution in [1.82, 2.24) is 0 Å². The zero-order chi connectivity index (χ0) is 36.6. The van der Waals surface area contributed by atoms with E-state index in [9.17, 15) is 14.3 Å². The van der Waals surface area contributed by atoms with Crippen LogP contribution < -0.4 is 5.73 Å². The molecule has 0 aromatic rings. The molecule has 292 valence electrons. The maximum absolute atomic E-state index is 12.3. The molecule has 0 radical (unpaired) electrons. The highest BCUT2D eigenvalue weighted by Crippen LogP contribution is 2.43. The van der Waals surface area contributed by atoms with Crippen molar-refractivity contribution >= 4 is 13.8 Å². The first-order valence-corrected chi connectivity index (χ1v) is 21.7. The van der Waals surface area contributed by atoms with E-state index in [-0.39, 0.29) is 38.8 Å². The topological polar surface area (TPSA) is 117 Å². The zero-order valence-corrected chi connectivity index (χ0v) is 33.0. The van der Waals surface area contributed by atoms with Gasteiger partial charge in [0.05, 0.1) is 19.5 Å². The van der Waals surface area contributed by atoms with Gasteiger partial charge in [-0.15, -0.1) is 0 Å². The van der Waals surface area contributed by atoms with Gasteiger partial charge in [0.2, 0.25) is 0 Å². The number of carbonyl (C=O) groups is 1. The Hall–Kier alpha value is -1.70. The number of unbranched alkanes of at least 4 members (excludes halogenated alkanes) is 19. The molecule has 0 spiro atoms. The highest BCUT2D eigenvalue weighted by molar-refractivity contribution is 7.47. The summed E-state index contributed by atoms with van der Waals surface area (Å²) in [4.78, 5) is 22.2. The van der Waals surface area contributed by atoms with E-state index >= 15 is 0 Å². The number of hydrogen-bond donors (Lipinski definition) is 2. The monoisotopic (exact) mass is 726 g/mol. The number of hydrogen-bond acceptors (Lipinski definition) is 7. The molecule has 9 heteroatoms. The van der Waals surface area contributed by atoms with E-state index in [2.05, 4.69) is 50.3 Å². The maximum Gasteiger partial charge on any atom is 0.472 e. The van der Waals surface area contributed by atoms with Gasteiger partial charge in [-0.05, 0) is 57.4 Å². The molecule has 50 heavy (non-hydrogen) atoms. The summed E-state index contributed by atoms with van der Waals surface area (Å²) in [5.74, 6) is -0.341. The lowest BCUT2D eigenvalue weighted by molar-refractivity contribution is -0.147. The molecule has 0 aromatic carbocycles. The number of esters is 1. The van der Waals surface area contributed by atoms with Crippen molar-refractivity contribution < 1.29 is 32.8 Å². The van der Waals surface area contributed by atoms with Crippen LogP contribution in [0.3, 0.4) is 0 Å². The minimum atomic E-state index is -4.27. The van der Waals surface area contributed by atoms with Crippen molar-refractivity contribution in [3.63, 3.8) is 0 Å². The predicted molar refractivity (Wildman–Crippen MR) is 210 cm³/mol. The zero-order valence-electron chi connectivity index (χ0n) is 32.1. The Balaban J connectivity index is 4.20. The molecule has 0 saturated heterocycles. The number of phosphoric acid groups is 1. The summed E-state index contributed by atoms with van der Waals surface area (Å²) in [6.07, 6.45) is 45.2. The highest BCUT2D eigenvalue weighted by atomic mass is 31.2. The maximum atomic E-state index is 12.3. The lowest BCUT2D eigenvalue weighted by Crippen LogP contribution is -2.25. The van der Waals surface area contributed by atoms with Crippen LogP contribution in [0.5, 0.6) is 0 Å². The lowest BCUT2D eigenvalue weighted by Gasteiger charge is -2.19. The van der Waals surface area contributed by atoms with Gasteiger partial charge in [-0.25, -0.2) is 4.57 Å². The van der Waals surface area contributed by atoms with Crippen LogP contribution in [-0.2, 0) is 27.9 Å². The van der Waals surface area contributed by atoms with E-state index in [1.54, 1.807) is 6.26 Å². The second-order valence-electron chi connectivity index (χ2n) is 13.2. The molecular weight excluding hydrogens is 649 g/mol. The van der Waals surface area contributed by atoms with Crippen LogP contribution in [-0.4, -0.2) is 43.3 Å². The number of nitrogens with two attached hydrogens (primary N) is 1. The van der Waals surface area contributed by atoms with Crippen LogP contribution in [0.15, 0.2) is 48.8 Å². The smallest absolute Gasteiger partial charge is 0.472 e. The molecule has 1 unspecified atom stereocenters. The molecule has 0 rings (SSSR count). The van der Waals surface area contributed by atoms with Gasteiger partial charge in [0, 0.05) is 13.0 Å². The van der Waals surface area contributed by atoms with Crippen LogP contribution >= 0.6 is 7.82 Å². The summed E-state index contributed by atoms with van der Waals surface area (Å²) in [5.41, 5.74) is 5.35. The molecule has 0 bridgehead atoms.